The van der Waals surface area contributed by atoms with E-state index >= 15 is 0 Å². The molecule has 9 nitrogen and oxygen atoms in total. The highest BCUT2D eigenvalue weighted by Gasteiger charge is 2.52. The quantitative estimate of drug-likeness (QED) is 0.340. The Labute approximate surface area is 175 Å². The number of nitrogens with zero attached hydrogens (tertiary/aromatic N) is 1. The molecule has 0 atom stereocenters. The number of anilines is 1. The lowest BCUT2D eigenvalue weighted by molar-refractivity contribution is -0.140. The number of esters is 1. The Kier molecular flexibility index (Phi) is 6.91. The number of ether oxygens (including phenoxy) is 1. The van der Waals surface area contributed by atoms with Gasteiger partial charge in [-0.25, -0.2) is 9.59 Å². The van der Waals surface area contributed by atoms with Gasteiger partial charge in [0.2, 0.25) is 0 Å². The average molecular weight is 416 g/mol. The van der Waals surface area contributed by atoms with Gasteiger partial charge in [-0.1, -0.05) is 44.7 Å². The van der Waals surface area contributed by atoms with Gasteiger partial charge in [-0.3, -0.25) is 15.0 Å². The van der Waals surface area contributed by atoms with E-state index in [0.29, 0.717) is 29.1 Å². The Morgan fingerprint density at radius 3 is 2.63 bits per heavy atom. The molecule has 9 heteroatoms. The van der Waals surface area contributed by atoms with Gasteiger partial charge in [0.1, 0.15) is 5.54 Å². The van der Waals surface area contributed by atoms with E-state index < -0.39 is 36.0 Å². The summed E-state index contributed by atoms with van der Waals surface area (Å²) in [5.41, 5.74) is 2.27. The number of carbonyl (C=O) groups is 4. The van der Waals surface area contributed by atoms with Gasteiger partial charge in [-0.2, -0.15) is 5.01 Å². The number of hydrogen-bond acceptors (Lipinski definition) is 6. The molecular weight excluding hydrogens is 388 g/mol. The Balaban J connectivity index is 1.54. The van der Waals surface area contributed by atoms with Crippen LogP contribution >= 0.6 is 0 Å². The van der Waals surface area contributed by atoms with Crippen molar-refractivity contribution in [2.24, 2.45) is 0 Å². The van der Waals surface area contributed by atoms with Gasteiger partial charge < -0.3 is 15.4 Å². The lowest BCUT2D eigenvalue weighted by Crippen LogP contribution is -2.51. The summed E-state index contributed by atoms with van der Waals surface area (Å²) in [6.45, 7) is 2.18. The molecule has 1 aliphatic carbocycles. The van der Waals surface area contributed by atoms with Crippen LogP contribution in [0.5, 0.6) is 0 Å². The Morgan fingerprint density at radius 2 is 1.90 bits per heavy atom. The van der Waals surface area contributed by atoms with E-state index in [9.17, 15) is 19.2 Å². The molecule has 3 N–H and O–H groups in total. The molecule has 162 valence electrons. The minimum atomic E-state index is -0.928. The summed E-state index contributed by atoms with van der Waals surface area (Å²) in [6.07, 6.45) is 5.79. The minimum absolute atomic E-state index is 0.317. The van der Waals surface area contributed by atoms with Crippen LogP contribution in [0.3, 0.4) is 0 Å². The molecule has 1 aliphatic heterocycles. The van der Waals surface area contributed by atoms with Crippen molar-refractivity contribution in [1.82, 2.24) is 15.8 Å². The van der Waals surface area contributed by atoms with Crippen LogP contribution in [0.2, 0.25) is 0 Å². The second-order valence-electron chi connectivity index (χ2n) is 7.65. The minimum Gasteiger partial charge on any atom is -0.452 e. The molecule has 4 amide bonds. The average Bonchev–Trinajstić information content (AvgIpc) is 2.97. The SMILES string of the molecule is CCCCNc1ccccc1C(=O)OCC(=O)NN1C(=O)NC2(CCCCC2)C1=O. The summed E-state index contributed by atoms with van der Waals surface area (Å²) in [5, 5.41) is 6.58. The normalized spacial score (nSPS) is 17.6. The van der Waals surface area contributed by atoms with Crippen LogP contribution in [-0.2, 0) is 14.3 Å². The molecule has 1 heterocycles. The van der Waals surface area contributed by atoms with Gasteiger partial charge >= 0.3 is 12.0 Å². The molecule has 30 heavy (non-hydrogen) atoms. The zero-order chi connectivity index (χ0) is 21.6. The molecule has 1 spiro atoms. The zero-order valence-corrected chi connectivity index (χ0v) is 17.2. The van der Waals surface area contributed by atoms with Gasteiger partial charge in [0.05, 0.1) is 5.56 Å². The Bertz CT molecular complexity index is 819. The van der Waals surface area contributed by atoms with Crippen molar-refractivity contribution < 1.29 is 23.9 Å². The number of carbonyl (C=O) groups excluding carboxylic acids is 4. The molecule has 1 saturated heterocycles. The summed E-state index contributed by atoms with van der Waals surface area (Å²) in [4.78, 5) is 49.5. The molecule has 0 unspecified atom stereocenters. The van der Waals surface area contributed by atoms with Crippen molar-refractivity contribution in [3.63, 3.8) is 0 Å². The number of hydrazine groups is 1. The highest BCUT2D eigenvalue weighted by atomic mass is 16.5. The van der Waals surface area contributed by atoms with Crippen molar-refractivity contribution >= 4 is 29.5 Å². The Morgan fingerprint density at radius 1 is 1.17 bits per heavy atom. The van der Waals surface area contributed by atoms with E-state index in [4.69, 9.17) is 4.74 Å². The number of rotatable bonds is 8. The number of nitrogens with one attached hydrogen (secondary N) is 3. The molecule has 2 fully saturated rings. The van der Waals surface area contributed by atoms with E-state index in [-0.39, 0.29) is 0 Å². The third-order valence-corrected chi connectivity index (χ3v) is 5.43. The van der Waals surface area contributed by atoms with E-state index in [1.165, 1.54) is 0 Å². The number of para-hydroxylation sites is 1. The summed E-state index contributed by atoms with van der Waals surface area (Å²) < 4.78 is 5.09. The number of unbranched alkanes of at least 4 members (excludes halogenated alkanes) is 1. The maximum atomic E-state index is 12.7. The standard InChI is InChI=1S/C21H28N4O5/c1-2-3-13-22-16-10-6-5-9-15(16)18(27)30-14-17(26)24-25-19(28)21(23-20(25)29)11-7-4-8-12-21/h5-6,9-10,22H,2-4,7-8,11-14H2,1H3,(H,23,29)(H,24,26). The molecule has 1 aromatic carbocycles. The van der Waals surface area contributed by atoms with Crippen molar-refractivity contribution in [3.05, 3.63) is 29.8 Å². The summed E-state index contributed by atoms with van der Waals surface area (Å²) in [5.74, 6) is -1.88. The van der Waals surface area contributed by atoms with Gasteiger partial charge in [0.15, 0.2) is 6.61 Å². The third-order valence-electron chi connectivity index (χ3n) is 5.43. The smallest absolute Gasteiger partial charge is 0.344 e. The van der Waals surface area contributed by atoms with Gasteiger partial charge in [0, 0.05) is 12.2 Å². The first-order valence-electron chi connectivity index (χ1n) is 10.4. The number of urea groups is 1. The van der Waals surface area contributed by atoms with Crippen molar-refractivity contribution in [1.29, 1.82) is 0 Å². The van der Waals surface area contributed by atoms with Crippen molar-refractivity contribution in [3.8, 4) is 0 Å². The van der Waals surface area contributed by atoms with Gasteiger partial charge in [-0.15, -0.1) is 0 Å². The largest absolute Gasteiger partial charge is 0.452 e. The van der Waals surface area contributed by atoms with Crippen LogP contribution < -0.4 is 16.1 Å². The fourth-order valence-corrected chi connectivity index (χ4v) is 3.80. The highest BCUT2D eigenvalue weighted by Crippen LogP contribution is 2.32. The van der Waals surface area contributed by atoms with E-state index in [1.807, 2.05) is 0 Å². The van der Waals surface area contributed by atoms with E-state index in [0.717, 1.165) is 38.6 Å². The topological polar surface area (TPSA) is 117 Å². The lowest BCUT2D eigenvalue weighted by atomic mass is 9.82. The Hall–Kier alpha value is -3.10. The molecule has 1 aromatic rings. The number of imide groups is 1. The third kappa shape index (κ3) is 4.72. The predicted octanol–water partition coefficient (Wildman–Crippen LogP) is 2.34. The van der Waals surface area contributed by atoms with Crippen LogP contribution in [0.15, 0.2) is 24.3 Å². The highest BCUT2D eigenvalue weighted by molar-refractivity contribution is 6.08. The maximum Gasteiger partial charge on any atom is 0.344 e. The van der Waals surface area contributed by atoms with Crippen molar-refractivity contribution in [2.75, 3.05) is 18.5 Å². The number of benzene rings is 1. The van der Waals surface area contributed by atoms with Crippen LogP contribution in [0.1, 0.15) is 62.2 Å². The molecule has 0 radical (unpaired) electrons. The second-order valence-corrected chi connectivity index (χ2v) is 7.65. The first-order chi connectivity index (χ1) is 14.5. The van der Waals surface area contributed by atoms with Crippen LogP contribution in [0.4, 0.5) is 10.5 Å². The maximum absolute atomic E-state index is 12.7. The molecule has 3 rings (SSSR count). The molecule has 0 aromatic heterocycles. The van der Waals surface area contributed by atoms with Crippen molar-refractivity contribution in [2.45, 2.75) is 57.4 Å². The molecule has 0 bridgehead atoms. The van der Waals surface area contributed by atoms with E-state index in [1.54, 1.807) is 24.3 Å². The van der Waals surface area contributed by atoms with Crippen LogP contribution in [0, 0.1) is 0 Å². The number of amides is 4. The molecular formula is C21H28N4O5. The zero-order valence-electron chi connectivity index (χ0n) is 17.2. The van der Waals surface area contributed by atoms with Gasteiger partial charge in [0.25, 0.3) is 11.8 Å². The summed E-state index contributed by atoms with van der Waals surface area (Å²) in [7, 11) is 0. The fraction of sp³-hybridized carbons (Fsp3) is 0.524. The molecule has 2 aliphatic rings. The van der Waals surface area contributed by atoms with Crippen LogP contribution in [-0.4, -0.2) is 47.5 Å². The van der Waals surface area contributed by atoms with Crippen LogP contribution in [0.25, 0.3) is 0 Å². The fourth-order valence-electron chi connectivity index (χ4n) is 3.80. The van der Waals surface area contributed by atoms with E-state index in [2.05, 4.69) is 23.0 Å². The second kappa shape index (κ2) is 9.60. The summed E-state index contributed by atoms with van der Waals surface area (Å²) >= 11 is 0. The molecule has 1 saturated carbocycles. The predicted molar refractivity (Wildman–Crippen MR) is 109 cm³/mol. The first-order valence-corrected chi connectivity index (χ1v) is 10.4. The lowest BCUT2D eigenvalue weighted by Gasteiger charge is -2.30. The van der Waals surface area contributed by atoms with Gasteiger partial charge in [-0.05, 0) is 31.4 Å². The number of hydrogen-bond donors (Lipinski definition) is 3. The monoisotopic (exact) mass is 416 g/mol. The summed E-state index contributed by atoms with van der Waals surface area (Å²) in [6, 6.07) is 6.23. The first kappa shape index (κ1) is 21.6.